The average Bonchev–Trinajstić information content (AvgIpc) is 3.13. The highest BCUT2D eigenvalue weighted by Gasteiger charge is 2.27. The Balaban J connectivity index is 1.22. The summed E-state index contributed by atoms with van der Waals surface area (Å²) in [5, 5.41) is 3.57. The highest BCUT2D eigenvalue weighted by molar-refractivity contribution is 5.88. The van der Waals surface area contributed by atoms with Gasteiger partial charge < -0.3 is 26.4 Å². The minimum Gasteiger partial charge on any atom is -0.496 e. The zero-order valence-corrected chi connectivity index (χ0v) is 27.5. The monoisotopic (exact) mass is 641 g/mol. The number of ether oxygens (including phenoxy) is 1. The summed E-state index contributed by atoms with van der Waals surface area (Å²) in [5.74, 6) is 1.77. The first-order valence-electron chi connectivity index (χ1n) is 16.5. The van der Waals surface area contributed by atoms with E-state index in [2.05, 4.69) is 63.4 Å². The van der Waals surface area contributed by atoms with Crippen molar-refractivity contribution in [3.05, 3.63) is 120 Å². The third-order valence-electron chi connectivity index (χ3n) is 9.10. The second-order valence-electron chi connectivity index (χ2n) is 12.1. The van der Waals surface area contributed by atoms with Crippen molar-refractivity contribution in [2.24, 2.45) is 0 Å². The van der Waals surface area contributed by atoms with Crippen LogP contribution in [0.5, 0.6) is 5.75 Å². The Morgan fingerprint density at radius 3 is 2.42 bits per heavy atom. The Kier molecular flexibility index (Phi) is 10.2. The smallest absolute Gasteiger partial charge is 0.157 e. The Morgan fingerprint density at radius 2 is 1.73 bits per heavy atom. The molecule has 0 saturated carbocycles. The van der Waals surface area contributed by atoms with Gasteiger partial charge in [-0.2, -0.15) is 0 Å². The summed E-state index contributed by atoms with van der Waals surface area (Å²) in [6.07, 6.45) is 5.30. The van der Waals surface area contributed by atoms with Gasteiger partial charge in [0.05, 0.1) is 30.1 Å². The standard InChI is InChI=1S/C39H43N7O2/c1-3-36(31-11-8-22-42-38(31)41)46(39-33(40)18-19-34(44-39)28-9-5-4-6-10-28)30-16-14-27(15-17-30)25-45-23-20-29(21-24-45)43-35-12-7-13-37(48-2)32(35)26-47/h4-19,22,26,29,36,43H,3,20-21,23-25,40H2,1-2H3,(H2,41,42). The number of carbonyl (C=O) groups excluding carboxylic acids is 1. The highest BCUT2D eigenvalue weighted by Crippen LogP contribution is 2.41. The van der Waals surface area contributed by atoms with Crippen LogP contribution in [0.25, 0.3) is 11.3 Å². The van der Waals surface area contributed by atoms with Gasteiger partial charge in [-0.3, -0.25) is 9.69 Å². The van der Waals surface area contributed by atoms with E-state index in [0.717, 1.165) is 73.4 Å². The first kappa shape index (κ1) is 32.5. The van der Waals surface area contributed by atoms with Crippen LogP contribution in [0, 0.1) is 0 Å². The molecule has 6 rings (SSSR count). The average molecular weight is 642 g/mol. The number of hydrogen-bond acceptors (Lipinski definition) is 9. The zero-order valence-electron chi connectivity index (χ0n) is 27.5. The molecule has 48 heavy (non-hydrogen) atoms. The number of aldehydes is 1. The lowest BCUT2D eigenvalue weighted by molar-refractivity contribution is 0.112. The van der Waals surface area contributed by atoms with E-state index in [0.29, 0.717) is 34.7 Å². The quantitative estimate of drug-likeness (QED) is 0.119. The molecule has 0 amide bonds. The van der Waals surface area contributed by atoms with Crippen molar-refractivity contribution >= 4 is 35.0 Å². The van der Waals surface area contributed by atoms with E-state index in [1.54, 1.807) is 13.3 Å². The maximum absolute atomic E-state index is 11.7. The molecular weight excluding hydrogens is 598 g/mol. The molecular formula is C39H43N7O2. The number of pyridine rings is 2. The van der Waals surface area contributed by atoms with Crippen LogP contribution >= 0.6 is 0 Å². The number of anilines is 5. The van der Waals surface area contributed by atoms with Gasteiger partial charge in [-0.15, -0.1) is 0 Å². The third-order valence-corrected chi connectivity index (χ3v) is 9.10. The summed E-state index contributed by atoms with van der Waals surface area (Å²) in [5.41, 5.74) is 20.1. The molecule has 9 heteroatoms. The van der Waals surface area contributed by atoms with Crippen LogP contribution in [0.4, 0.5) is 28.7 Å². The van der Waals surface area contributed by atoms with Gasteiger partial charge in [-0.1, -0.05) is 61.5 Å². The zero-order chi connectivity index (χ0) is 33.5. The molecule has 9 nitrogen and oxygen atoms in total. The minimum atomic E-state index is -0.138. The minimum absolute atomic E-state index is 0.138. The Bertz CT molecular complexity index is 1820. The number of hydrogen-bond donors (Lipinski definition) is 3. The van der Waals surface area contributed by atoms with Crippen LogP contribution in [0.3, 0.4) is 0 Å². The molecule has 1 atom stereocenters. The fourth-order valence-corrected chi connectivity index (χ4v) is 6.57. The van der Waals surface area contributed by atoms with E-state index < -0.39 is 0 Å². The summed E-state index contributed by atoms with van der Waals surface area (Å²) in [4.78, 5) is 25.9. The fourth-order valence-electron chi connectivity index (χ4n) is 6.57. The molecule has 0 bridgehead atoms. The largest absolute Gasteiger partial charge is 0.496 e. The molecule has 1 saturated heterocycles. The molecule has 0 spiro atoms. The van der Waals surface area contributed by atoms with E-state index in [-0.39, 0.29) is 6.04 Å². The van der Waals surface area contributed by atoms with E-state index in [1.807, 2.05) is 60.7 Å². The van der Waals surface area contributed by atoms with Gasteiger partial charge >= 0.3 is 0 Å². The van der Waals surface area contributed by atoms with Crippen molar-refractivity contribution in [1.29, 1.82) is 0 Å². The summed E-state index contributed by atoms with van der Waals surface area (Å²) >= 11 is 0. The second-order valence-corrected chi connectivity index (χ2v) is 12.1. The normalized spacial score (nSPS) is 14.3. The number of rotatable bonds is 12. The van der Waals surface area contributed by atoms with Crippen LogP contribution in [-0.4, -0.2) is 47.4 Å². The number of methoxy groups -OCH3 is 1. The molecule has 3 heterocycles. The van der Waals surface area contributed by atoms with Crippen LogP contribution in [0.1, 0.15) is 53.7 Å². The number of nitrogen functional groups attached to an aromatic ring is 2. The number of benzene rings is 3. The van der Waals surface area contributed by atoms with Crippen LogP contribution in [-0.2, 0) is 6.54 Å². The molecule has 1 unspecified atom stereocenters. The summed E-state index contributed by atoms with van der Waals surface area (Å²) in [6, 6.07) is 32.5. The van der Waals surface area contributed by atoms with Crippen LogP contribution < -0.4 is 26.4 Å². The molecule has 0 radical (unpaired) electrons. The fraction of sp³-hybridized carbons (Fsp3) is 0.256. The molecule has 5 aromatic rings. The Labute approximate surface area is 282 Å². The number of nitrogens with two attached hydrogens (primary N) is 2. The van der Waals surface area contributed by atoms with E-state index >= 15 is 0 Å². The van der Waals surface area contributed by atoms with Gasteiger partial charge in [0.25, 0.3) is 0 Å². The maximum atomic E-state index is 11.7. The van der Waals surface area contributed by atoms with Crippen LogP contribution in [0.2, 0.25) is 0 Å². The van der Waals surface area contributed by atoms with Gasteiger partial charge in [-0.05, 0) is 67.3 Å². The molecule has 3 aromatic carbocycles. The molecule has 0 aliphatic carbocycles. The summed E-state index contributed by atoms with van der Waals surface area (Å²) in [7, 11) is 1.59. The predicted octanol–water partition coefficient (Wildman–Crippen LogP) is 7.50. The first-order chi connectivity index (χ1) is 23.5. The maximum Gasteiger partial charge on any atom is 0.157 e. The van der Waals surface area contributed by atoms with Crippen molar-refractivity contribution in [3.63, 3.8) is 0 Å². The molecule has 1 aliphatic heterocycles. The van der Waals surface area contributed by atoms with Crippen molar-refractivity contribution in [2.45, 2.75) is 44.8 Å². The highest BCUT2D eigenvalue weighted by atomic mass is 16.5. The number of aromatic nitrogens is 2. The lowest BCUT2D eigenvalue weighted by Crippen LogP contribution is -2.38. The van der Waals surface area contributed by atoms with Gasteiger partial charge in [0.2, 0.25) is 0 Å². The number of nitrogens with zero attached hydrogens (tertiary/aromatic N) is 4. The SMILES string of the molecule is CCC(c1cccnc1N)N(c1ccc(CN2CCC(Nc3cccc(OC)c3C=O)CC2)cc1)c1nc(-c2ccccc2)ccc1N. The third kappa shape index (κ3) is 7.11. The van der Waals surface area contributed by atoms with Gasteiger partial charge in [-0.25, -0.2) is 9.97 Å². The predicted molar refractivity (Wildman–Crippen MR) is 195 cm³/mol. The first-order valence-corrected chi connectivity index (χ1v) is 16.5. The van der Waals surface area contributed by atoms with Crippen molar-refractivity contribution < 1.29 is 9.53 Å². The Morgan fingerprint density at radius 1 is 0.958 bits per heavy atom. The summed E-state index contributed by atoms with van der Waals surface area (Å²) < 4.78 is 5.37. The molecule has 2 aromatic heterocycles. The molecule has 1 fully saturated rings. The summed E-state index contributed by atoms with van der Waals surface area (Å²) in [6.45, 7) is 4.90. The lowest BCUT2D eigenvalue weighted by atomic mass is 10.0. The second kappa shape index (κ2) is 15.0. The van der Waals surface area contributed by atoms with Crippen molar-refractivity contribution in [1.82, 2.24) is 14.9 Å². The van der Waals surface area contributed by atoms with Crippen molar-refractivity contribution in [2.75, 3.05) is 41.9 Å². The lowest BCUT2D eigenvalue weighted by Gasteiger charge is -2.35. The number of carbonyl (C=O) groups is 1. The molecule has 246 valence electrons. The van der Waals surface area contributed by atoms with E-state index in [9.17, 15) is 4.79 Å². The molecule has 5 N–H and O–H groups in total. The van der Waals surface area contributed by atoms with E-state index in [1.165, 1.54) is 5.56 Å². The number of nitrogens with one attached hydrogen (secondary N) is 1. The van der Waals surface area contributed by atoms with E-state index in [4.69, 9.17) is 21.2 Å². The van der Waals surface area contributed by atoms with Gasteiger partial charge in [0.15, 0.2) is 12.1 Å². The Hall–Kier alpha value is -5.41. The topological polar surface area (TPSA) is 123 Å². The number of piperidine rings is 1. The number of likely N-dealkylation sites (tertiary alicyclic amines) is 1. The van der Waals surface area contributed by atoms with Crippen LogP contribution in [0.15, 0.2) is 103 Å². The molecule has 1 aliphatic rings. The van der Waals surface area contributed by atoms with Crippen molar-refractivity contribution in [3.8, 4) is 17.0 Å². The van der Waals surface area contributed by atoms with Gasteiger partial charge in [0.1, 0.15) is 11.6 Å². The van der Waals surface area contributed by atoms with Gasteiger partial charge in [0, 0.05) is 54.4 Å².